The van der Waals surface area contributed by atoms with Gasteiger partial charge in [-0.25, -0.2) is 5.90 Å². The first-order valence-corrected chi connectivity index (χ1v) is 5.52. The van der Waals surface area contributed by atoms with Gasteiger partial charge >= 0.3 is 0 Å². The lowest BCUT2D eigenvalue weighted by Gasteiger charge is -2.08. The standard InChI is InChI=1S/C14H14N2O2/c15-14(17)13-8-11(6-7-12(13)9-18-16)10-4-2-1-3-5-10/h1-8H,9,16H2,(H2,15,17). The van der Waals surface area contributed by atoms with Crippen LogP contribution < -0.4 is 11.6 Å². The van der Waals surface area contributed by atoms with Crippen molar-refractivity contribution < 1.29 is 9.63 Å². The molecule has 0 saturated carbocycles. The van der Waals surface area contributed by atoms with E-state index in [2.05, 4.69) is 4.84 Å². The van der Waals surface area contributed by atoms with Crippen LogP contribution in [0.15, 0.2) is 48.5 Å². The number of carbonyl (C=O) groups is 1. The smallest absolute Gasteiger partial charge is 0.249 e. The zero-order valence-electron chi connectivity index (χ0n) is 9.80. The largest absolute Gasteiger partial charge is 0.366 e. The van der Waals surface area contributed by atoms with Crippen LogP contribution in [0.2, 0.25) is 0 Å². The minimum atomic E-state index is -0.486. The minimum absolute atomic E-state index is 0.160. The Balaban J connectivity index is 2.46. The zero-order chi connectivity index (χ0) is 13.0. The molecule has 4 nitrogen and oxygen atoms in total. The van der Waals surface area contributed by atoms with Crippen LogP contribution in [-0.2, 0) is 11.4 Å². The van der Waals surface area contributed by atoms with Gasteiger partial charge in [-0.3, -0.25) is 9.63 Å². The summed E-state index contributed by atoms with van der Waals surface area (Å²) < 4.78 is 0. The van der Waals surface area contributed by atoms with E-state index in [1.807, 2.05) is 36.4 Å². The van der Waals surface area contributed by atoms with Crippen molar-refractivity contribution in [3.8, 4) is 11.1 Å². The van der Waals surface area contributed by atoms with Gasteiger partial charge in [0.25, 0.3) is 0 Å². The maximum atomic E-state index is 11.4. The molecule has 2 aromatic rings. The van der Waals surface area contributed by atoms with Gasteiger partial charge in [0, 0.05) is 5.56 Å². The summed E-state index contributed by atoms with van der Waals surface area (Å²) in [6, 6.07) is 15.2. The van der Waals surface area contributed by atoms with Crippen molar-refractivity contribution >= 4 is 5.91 Å². The molecule has 0 atom stereocenters. The predicted molar refractivity (Wildman–Crippen MR) is 69.4 cm³/mol. The molecular formula is C14H14N2O2. The molecule has 0 spiro atoms. The van der Waals surface area contributed by atoms with Gasteiger partial charge in [0.15, 0.2) is 0 Å². The number of carbonyl (C=O) groups excluding carboxylic acids is 1. The minimum Gasteiger partial charge on any atom is -0.366 e. The Morgan fingerprint density at radius 1 is 1.06 bits per heavy atom. The third kappa shape index (κ3) is 2.56. The monoisotopic (exact) mass is 242 g/mol. The molecule has 0 fully saturated rings. The summed E-state index contributed by atoms with van der Waals surface area (Å²) in [6.45, 7) is 0.160. The summed E-state index contributed by atoms with van der Waals surface area (Å²) in [5, 5.41) is 0. The molecule has 0 bridgehead atoms. The summed E-state index contributed by atoms with van der Waals surface area (Å²) in [4.78, 5) is 16.0. The highest BCUT2D eigenvalue weighted by molar-refractivity contribution is 5.95. The Bertz CT molecular complexity index is 553. The summed E-state index contributed by atoms with van der Waals surface area (Å²) in [7, 11) is 0. The van der Waals surface area contributed by atoms with E-state index in [4.69, 9.17) is 11.6 Å². The van der Waals surface area contributed by atoms with Gasteiger partial charge < -0.3 is 5.73 Å². The Hall–Kier alpha value is -2.17. The van der Waals surface area contributed by atoms with E-state index >= 15 is 0 Å². The molecule has 0 radical (unpaired) electrons. The van der Waals surface area contributed by atoms with Crippen LogP contribution in [0.4, 0.5) is 0 Å². The maximum Gasteiger partial charge on any atom is 0.249 e. The molecule has 0 heterocycles. The quantitative estimate of drug-likeness (QED) is 0.803. The van der Waals surface area contributed by atoms with Crippen LogP contribution in [0.25, 0.3) is 11.1 Å². The van der Waals surface area contributed by atoms with E-state index in [1.165, 1.54) is 0 Å². The topological polar surface area (TPSA) is 78.3 Å². The number of primary amides is 1. The van der Waals surface area contributed by atoms with Gasteiger partial charge in [-0.1, -0.05) is 42.5 Å². The molecule has 0 unspecified atom stereocenters. The Kier molecular flexibility index (Phi) is 3.72. The molecule has 4 heteroatoms. The van der Waals surface area contributed by atoms with Crippen LogP contribution in [0.5, 0.6) is 0 Å². The second-order valence-electron chi connectivity index (χ2n) is 3.91. The first kappa shape index (κ1) is 12.3. The number of rotatable bonds is 4. The van der Waals surface area contributed by atoms with Gasteiger partial charge in [-0.2, -0.15) is 0 Å². The van der Waals surface area contributed by atoms with Gasteiger partial charge in [0.05, 0.1) is 6.61 Å². The lowest BCUT2D eigenvalue weighted by Crippen LogP contribution is -2.15. The van der Waals surface area contributed by atoms with E-state index < -0.39 is 5.91 Å². The third-order valence-corrected chi connectivity index (χ3v) is 2.72. The van der Waals surface area contributed by atoms with Crippen LogP contribution in [-0.4, -0.2) is 5.91 Å². The van der Waals surface area contributed by atoms with Crippen molar-refractivity contribution in [1.82, 2.24) is 0 Å². The van der Waals surface area contributed by atoms with Crippen molar-refractivity contribution in [3.63, 3.8) is 0 Å². The van der Waals surface area contributed by atoms with Crippen LogP contribution in [0.3, 0.4) is 0 Å². The second kappa shape index (κ2) is 5.44. The molecule has 0 aromatic heterocycles. The molecule has 1 amide bonds. The van der Waals surface area contributed by atoms with Crippen molar-refractivity contribution in [1.29, 1.82) is 0 Å². The molecule has 0 aliphatic carbocycles. The lowest BCUT2D eigenvalue weighted by molar-refractivity contribution is 0.0986. The second-order valence-corrected chi connectivity index (χ2v) is 3.91. The third-order valence-electron chi connectivity index (χ3n) is 2.72. The number of amides is 1. The van der Waals surface area contributed by atoms with Crippen LogP contribution in [0.1, 0.15) is 15.9 Å². The van der Waals surface area contributed by atoms with Crippen molar-refractivity contribution in [2.75, 3.05) is 0 Å². The first-order chi connectivity index (χ1) is 8.72. The van der Waals surface area contributed by atoms with Gasteiger partial charge in [-0.15, -0.1) is 0 Å². The normalized spacial score (nSPS) is 10.3. The van der Waals surface area contributed by atoms with Gasteiger partial charge in [0.2, 0.25) is 5.91 Å². The van der Waals surface area contributed by atoms with E-state index in [1.54, 1.807) is 12.1 Å². The average Bonchev–Trinajstić information content (AvgIpc) is 2.40. The van der Waals surface area contributed by atoms with E-state index in [0.717, 1.165) is 11.1 Å². The molecular weight excluding hydrogens is 228 g/mol. The SMILES string of the molecule is NOCc1ccc(-c2ccccc2)cc1C(N)=O. The van der Waals surface area contributed by atoms with Gasteiger partial charge in [-0.05, 0) is 22.8 Å². The molecule has 0 aliphatic heterocycles. The van der Waals surface area contributed by atoms with Crippen LogP contribution >= 0.6 is 0 Å². The maximum absolute atomic E-state index is 11.4. The fourth-order valence-corrected chi connectivity index (χ4v) is 1.83. The van der Waals surface area contributed by atoms with E-state index in [-0.39, 0.29) is 6.61 Å². The number of benzene rings is 2. The summed E-state index contributed by atoms with van der Waals surface area (Å²) in [5.74, 6) is 4.54. The summed E-state index contributed by atoms with van der Waals surface area (Å²) >= 11 is 0. The van der Waals surface area contributed by atoms with Crippen molar-refractivity contribution in [2.24, 2.45) is 11.6 Å². The first-order valence-electron chi connectivity index (χ1n) is 5.52. The predicted octanol–water partition coefficient (Wildman–Crippen LogP) is 1.84. The Labute approximate surface area is 105 Å². The highest BCUT2D eigenvalue weighted by Crippen LogP contribution is 2.22. The van der Waals surface area contributed by atoms with Crippen LogP contribution in [0, 0.1) is 0 Å². The molecule has 0 aliphatic rings. The number of hydrogen-bond donors (Lipinski definition) is 2. The fraction of sp³-hybridized carbons (Fsp3) is 0.0714. The average molecular weight is 242 g/mol. The van der Waals surface area contributed by atoms with Crippen molar-refractivity contribution in [2.45, 2.75) is 6.61 Å². The van der Waals surface area contributed by atoms with Gasteiger partial charge in [0.1, 0.15) is 0 Å². The zero-order valence-corrected chi connectivity index (χ0v) is 9.80. The number of hydrogen-bond acceptors (Lipinski definition) is 3. The molecule has 18 heavy (non-hydrogen) atoms. The fourth-order valence-electron chi connectivity index (χ4n) is 1.83. The lowest BCUT2D eigenvalue weighted by atomic mass is 9.99. The summed E-state index contributed by atoms with van der Waals surface area (Å²) in [5.41, 5.74) is 8.44. The summed E-state index contributed by atoms with van der Waals surface area (Å²) in [6.07, 6.45) is 0. The molecule has 4 N–H and O–H groups in total. The molecule has 92 valence electrons. The molecule has 2 rings (SSSR count). The molecule has 0 saturated heterocycles. The highest BCUT2D eigenvalue weighted by Gasteiger charge is 2.10. The van der Waals surface area contributed by atoms with E-state index in [9.17, 15) is 4.79 Å². The van der Waals surface area contributed by atoms with E-state index in [0.29, 0.717) is 11.1 Å². The molecule has 2 aromatic carbocycles. The highest BCUT2D eigenvalue weighted by atomic mass is 16.6. The van der Waals surface area contributed by atoms with Crippen molar-refractivity contribution in [3.05, 3.63) is 59.7 Å². The number of nitrogens with two attached hydrogens (primary N) is 2. The Morgan fingerprint density at radius 3 is 2.39 bits per heavy atom. The Morgan fingerprint density at radius 2 is 1.78 bits per heavy atom.